The van der Waals surface area contributed by atoms with Crippen molar-refractivity contribution in [3.05, 3.63) is 64.5 Å². The van der Waals surface area contributed by atoms with E-state index < -0.39 is 0 Å². The molecule has 2 aromatic carbocycles. The van der Waals surface area contributed by atoms with E-state index in [0.29, 0.717) is 22.7 Å². The summed E-state index contributed by atoms with van der Waals surface area (Å²) in [6.07, 6.45) is 3.50. The fraction of sp³-hybridized carbons (Fsp3) is 0.211. The highest BCUT2D eigenvalue weighted by atomic mass is 35.5. The zero-order chi connectivity index (χ0) is 17.9. The number of aryl methyl sites for hydroxylation is 2. The number of rotatable bonds is 4. The highest BCUT2D eigenvalue weighted by Crippen LogP contribution is 2.24. The standard InChI is InChI=1S/C19H18ClN5O/c20-15-7-4-13(5-8-15)18-24-17(26-25-18)11-22-19(21)23-16-9-6-12-2-1-3-14(12)10-16/h4-10H,1-3,11H2,(H3,21,22,23). The highest BCUT2D eigenvalue weighted by molar-refractivity contribution is 6.30. The Balaban J connectivity index is 1.40. The third kappa shape index (κ3) is 3.70. The molecule has 6 nitrogen and oxygen atoms in total. The highest BCUT2D eigenvalue weighted by Gasteiger charge is 2.11. The molecule has 26 heavy (non-hydrogen) atoms. The van der Waals surface area contributed by atoms with Crippen LogP contribution < -0.4 is 11.1 Å². The van der Waals surface area contributed by atoms with E-state index in [-0.39, 0.29) is 6.54 Å². The van der Waals surface area contributed by atoms with Gasteiger partial charge in [-0.05, 0) is 66.8 Å². The zero-order valence-corrected chi connectivity index (χ0v) is 14.8. The topological polar surface area (TPSA) is 89.3 Å². The van der Waals surface area contributed by atoms with Crippen molar-refractivity contribution in [2.45, 2.75) is 25.8 Å². The number of aliphatic imine (C=N–C) groups is 1. The van der Waals surface area contributed by atoms with Gasteiger partial charge in [0.15, 0.2) is 5.96 Å². The lowest BCUT2D eigenvalue weighted by atomic mass is 10.1. The predicted octanol–water partition coefficient (Wildman–Crippen LogP) is 3.81. The largest absolute Gasteiger partial charge is 0.370 e. The second-order valence-corrected chi connectivity index (χ2v) is 6.62. The lowest BCUT2D eigenvalue weighted by molar-refractivity contribution is 0.381. The first-order valence-corrected chi connectivity index (χ1v) is 8.82. The summed E-state index contributed by atoms with van der Waals surface area (Å²) in [4.78, 5) is 8.60. The van der Waals surface area contributed by atoms with Crippen molar-refractivity contribution in [2.75, 3.05) is 5.32 Å². The van der Waals surface area contributed by atoms with E-state index in [2.05, 4.69) is 32.6 Å². The Bertz CT molecular complexity index is 949. The lowest BCUT2D eigenvalue weighted by Crippen LogP contribution is -2.22. The summed E-state index contributed by atoms with van der Waals surface area (Å²) < 4.78 is 5.23. The van der Waals surface area contributed by atoms with Gasteiger partial charge >= 0.3 is 0 Å². The van der Waals surface area contributed by atoms with Gasteiger partial charge in [0, 0.05) is 16.3 Å². The minimum absolute atomic E-state index is 0.213. The third-order valence-electron chi connectivity index (χ3n) is 4.33. The molecule has 0 aliphatic heterocycles. The van der Waals surface area contributed by atoms with E-state index in [4.69, 9.17) is 21.9 Å². The van der Waals surface area contributed by atoms with Crippen LogP contribution in [0.1, 0.15) is 23.4 Å². The molecule has 0 radical (unpaired) electrons. The Morgan fingerprint density at radius 2 is 1.96 bits per heavy atom. The molecular weight excluding hydrogens is 350 g/mol. The number of nitrogens with two attached hydrogens (primary N) is 1. The van der Waals surface area contributed by atoms with E-state index in [0.717, 1.165) is 24.1 Å². The molecule has 1 heterocycles. The average molecular weight is 368 g/mol. The molecule has 0 amide bonds. The SMILES string of the molecule is NC(=NCc1nc(-c2ccc(Cl)cc2)no1)Nc1ccc2c(c1)CCC2. The Morgan fingerprint density at radius 1 is 1.15 bits per heavy atom. The predicted molar refractivity (Wildman–Crippen MR) is 102 cm³/mol. The molecule has 0 unspecified atom stereocenters. The van der Waals surface area contributed by atoms with Gasteiger partial charge in [-0.25, -0.2) is 4.99 Å². The van der Waals surface area contributed by atoms with Gasteiger partial charge < -0.3 is 15.6 Å². The molecule has 7 heteroatoms. The van der Waals surface area contributed by atoms with Crippen molar-refractivity contribution in [3.8, 4) is 11.4 Å². The van der Waals surface area contributed by atoms with Crippen molar-refractivity contribution < 1.29 is 4.52 Å². The van der Waals surface area contributed by atoms with E-state index >= 15 is 0 Å². The minimum Gasteiger partial charge on any atom is -0.370 e. The molecule has 0 bridgehead atoms. The van der Waals surface area contributed by atoms with Gasteiger partial charge in [0.25, 0.3) is 0 Å². The third-order valence-corrected chi connectivity index (χ3v) is 4.58. The summed E-state index contributed by atoms with van der Waals surface area (Å²) in [6, 6.07) is 13.5. The molecule has 3 aromatic rings. The summed E-state index contributed by atoms with van der Waals surface area (Å²) in [5.41, 5.74) is 10.5. The fourth-order valence-corrected chi connectivity index (χ4v) is 3.15. The van der Waals surface area contributed by atoms with Crippen LogP contribution >= 0.6 is 11.6 Å². The number of aromatic nitrogens is 2. The lowest BCUT2D eigenvalue weighted by Gasteiger charge is -2.07. The fourth-order valence-electron chi connectivity index (χ4n) is 3.03. The molecule has 0 atom stereocenters. The van der Waals surface area contributed by atoms with Gasteiger partial charge in [-0.1, -0.05) is 22.8 Å². The number of anilines is 1. The second kappa shape index (κ2) is 7.17. The summed E-state index contributed by atoms with van der Waals surface area (Å²) >= 11 is 5.88. The number of hydrogen-bond acceptors (Lipinski definition) is 4. The number of fused-ring (bicyclic) bond motifs is 1. The monoisotopic (exact) mass is 367 g/mol. The van der Waals surface area contributed by atoms with Crippen molar-refractivity contribution in [1.29, 1.82) is 0 Å². The number of benzene rings is 2. The van der Waals surface area contributed by atoms with Crippen molar-refractivity contribution in [2.24, 2.45) is 10.7 Å². The maximum absolute atomic E-state index is 5.97. The summed E-state index contributed by atoms with van der Waals surface area (Å²) in [5.74, 6) is 1.21. The van der Waals surface area contributed by atoms with Crippen LogP contribution in [0.2, 0.25) is 5.02 Å². The van der Waals surface area contributed by atoms with Crippen molar-refractivity contribution in [1.82, 2.24) is 10.1 Å². The van der Waals surface area contributed by atoms with Crippen molar-refractivity contribution >= 4 is 23.2 Å². The van der Waals surface area contributed by atoms with Gasteiger partial charge in [0.1, 0.15) is 6.54 Å². The Kier molecular flexibility index (Phi) is 4.58. The quantitative estimate of drug-likeness (QED) is 0.540. The van der Waals surface area contributed by atoms with E-state index in [1.54, 1.807) is 12.1 Å². The Morgan fingerprint density at radius 3 is 2.81 bits per heavy atom. The summed E-state index contributed by atoms with van der Waals surface area (Å²) in [7, 11) is 0. The molecular formula is C19H18ClN5O. The molecule has 0 fully saturated rings. The maximum Gasteiger partial charge on any atom is 0.248 e. The number of hydrogen-bond donors (Lipinski definition) is 2. The Hall–Kier alpha value is -2.86. The summed E-state index contributed by atoms with van der Waals surface area (Å²) in [6.45, 7) is 0.213. The normalized spacial score (nSPS) is 13.7. The van der Waals surface area contributed by atoms with E-state index in [1.807, 2.05) is 18.2 Å². The van der Waals surface area contributed by atoms with E-state index in [9.17, 15) is 0 Å². The van der Waals surface area contributed by atoms with Crippen LogP contribution in [0, 0.1) is 0 Å². The number of nitrogens with zero attached hydrogens (tertiary/aromatic N) is 3. The van der Waals surface area contributed by atoms with Crippen LogP contribution in [0.4, 0.5) is 5.69 Å². The van der Waals surface area contributed by atoms with Crippen LogP contribution in [-0.2, 0) is 19.4 Å². The molecule has 0 saturated heterocycles. The Labute approximate surface area is 156 Å². The van der Waals surface area contributed by atoms with Gasteiger partial charge in [-0.15, -0.1) is 0 Å². The smallest absolute Gasteiger partial charge is 0.248 e. The molecule has 132 valence electrons. The van der Waals surface area contributed by atoms with Crippen LogP contribution in [0.3, 0.4) is 0 Å². The van der Waals surface area contributed by atoms with Crippen LogP contribution in [0.5, 0.6) is 0 Å². The van der Waals surface area contributed by atoms with Gasteiger partial charge in [0.2, 0.25) is 11.7 Å². The minimum atomic E-state index is 0.213. The first-order chi connectivity index (χ1) is 12.7. The van der Waals surface area contributed by atoms with Crippen LogP contribution in [0.25, 0.3) is 11.4 Å². The number of halogens is 1. The average Bonchev–Trinajstić information content (AvgIpc) is 3.29. The first kappa shape index (κ1) is 16.6. The van der Waals surface area contributed by atoms with Crippen LogP contribution in [-0.4, -0.2) is 16.1 Å². The maximum atomic E-state index is 5.97. The van der Waals surface area contributed by atoms with E-state index in [1.165, 1.54) is 17.5 Å². The molecule has 0 saturated carbocycles. The molecule has 0 spiro atoms. The molecule has 1 aliphatic carbocycles. The van der Waals surface area contributed by atoms with Gasteiger partial charge in [0.05, 0.1) is 0 Å². The van der Waals surface area contributed by atoms with Crippen molar-refractivity contribution in [3.63, 3.8) is 0 Å². The molecule has 3 N–H and O–H groups in total. The first-order valence-electron chi connectivity index (χ1n) is 8.45. The zero-order valence-electron chi connectivity index (χ0n) is 14.1. The number of guanidine groups is 1. The molecule has 1 aromatic heterocycles. The second-order valence-electron chi connectivity index (χ2n) is 6.18. The molecule has 1 aliphatic rings. The van der Waals surface area contributed by atoms with Gasteiger partial charge in [-0.2, -0.15) is 4.98 Å². The summed E-state index contributed by atoms with van der Waals surface area (Å²) in [5, 5.41) is 7.73. The number of nitrogens with one attached hydrogen (secondary N) is 1. The van der Waals surface area contributed by atoms with Crippen LogP contribution in [0.15, 0.2) is 52.0 Å². The van der Waals surface area contributed by atoms with Gasteiger partial charge in [-0.3, -0.25) is 0 Å². The molecule has 4 rings (SSSR count).